The second kappa shape index (κ2) is 5.61. The van der Waals surface area contributed by atoms with Gasteiger partial charge in [-0.25, -0.2) is 4.98 Å². The normalized spacial score (nSPS) is 13.7. The minimum absolute atomic E-state index is 0.0565. The molecule has 0 fully saturated rings. The lowest BCUT2D eigenvalue weighted by atomic mass is 9.98. The van der Waals surface area contributed by atoms with Crippen molar-refractivity contribution < 1.29 is 0 Å². The maximum atomic E-state index is 9.16. The molecule has 0 radical (unpaired) electrons. The van der Waals surface area contributed by atoms with Crippen molar-refractivity contribution in [2.75, 3.05) is 6.54 Å². The summed E-state index contributed by atoms with van der Waals surface area (Å²) in [5.74, 6) is 0.534. The van der Waals surface area contributed by atoms with Gasteiger partial charge in [0.15, 0.2) is 0 Å². The molecule has 4 heteroatoms. The van der Waals surface area contributed by atoms with E-state index in [0.717, 1.165) is 17.2 Å². The van der Waals surface area contributed by atoms with Gasteiger partial charge in [0.05, 0.1) is 16.8 Å². The molecule has 0 aliphatic heterocycles. The molecule has 0 saturated heterocycles. The first-order valence-electron chi connectivity index (χ1n) is 5.93. The number of aromatic nitrogens is 1. The van der Waals surface area contributed by atoms with E-state index in [0.29, 0.717) is 5.92 Å². The van der Waals surface area contributed by atoms with Gasteiger partial charge >= 0.3 is 0 Å². The highest BCUT2D eigenvalue weighted by Crippen LogP contribution is 2.27. The van der Waals surface area contributed by atoms with E-state index in [1.54, 1.807) is 11.3 Å². The minimum atomic E-state index is -0.287. The quantitative estimate of drug-likeness (QED) is 0.893. The molecule has 3 nitrogen and oxygen atoms in total. The van der Waals surface area contributed by atoms with Crippen molar-refractivity contribution in [2.24, 2.45) is 5.92 Å². The smallest absolute Gasteiger partial charge is 0.139 e. The van der Waals surface area contributed by atoms with E-state index in [9.17, 15) is 0 Å². The number of nitrogens with zero attached hydrogens (tertiary/aromatic N) is 2. The minimum Gasteiger partial charge on any atom is -0.297 e. The molecule has 1 unspecified atom stereocenters. The van der Waals surface area contributed by atoms with E-state index in [2.05, 4.69) is 51.0 Å². The highest BCUT2D eigenvalue weighted by atomic mass is 32.1. The number of hydrogen-bond donors (Lipinski definition) is 1. The topological polar surface area (TPSA) is 48.7 Å². The molecular formula is C13H21N3S. The van der Waals surface area contributed by atoms with Crippen LogP contribution >= 0.6 is 11.3 Å². The van der Waals surface area contributed by atoms with Gasteiger partial charge in [-0.2, -0.15) is 5.26 Å². The Morgan fingerprint density at radius 1 is 1.47 bits per heavy atom. The summed E-state index contributed by atoms with van der Waals surface area (Å²) in [6.07, 6.45) is 0. The lowest BCUT2D eigenvalue weighted by Gasteiger charge is -2.14. The fraction of sp³-hybridized carbons (Fsp3) is 0.692. The highest BCUT2D eigenvalue weighted by Gasteiger charge is 2.21. The number of nitrogens with one attached hydrogen (secondary N) is 1. The summed E-state index contributed by atoms with van der Waals surface area (Å²) in [5.41, 5.74) is 0.907. The second-order valence-corrected chi connectivity index (χ2v) is 6.55. The van der Waals surface area contributed by atoms with Crippen LogP contribution in [0.2, 0.25) is 0 Å². The van der Waals surface area contributed by atoms with E-state index in [1.165, 1.54) is 0 Å². The van der Waals surface area contributed by atoms with Crippen LogP contribution in [0.5, 0.6) is 0 Å². The lowest BCUT2D eigenvalue weighted by Crippen LogP contribution is -2.24. The number of thiazole rings is 1. The first-order chi connectivity index (χ1) is 7.84. The average Bonchev–Trinajstić information content (AvgIpc) is 2.67. The number of nitriles is 1. The number of hydrogen-bond acceptors (Lipinski definition) is 4. The van der Waals surface area contributed by atoms with Gasteiger partial charge in [0.1, 0.15) is 6.04 Å². The molecule has 0 spiro atoms. The molecule has 0 bridgehead atoms. The van der Waals surface area contributed by atoms with Crippen LogP contribution in [-0.2, 0) is 5.41 Å². The van der Waals surface area contributed by atoms with Gasteiger partial charge in [0.25, 0.3) is 0 Å². The predicted octanol–water partition coefficient (Wildman–Crippen LogP) is 3.25. The lowest BCUT2D eigenvalue weighted by molar-refractivity contribution is 0.516. The van der Waals surface area contributed by atoms with Crippen LogP contribution in [0.15, 0.2) is 5.38 Å². The van der Waals surface area contributed by atoms with Crippen LogP contribution < -0.4 is 5.32 Å². The Kier molecular flexibility index (Phi) is 4.67. The standard InChI is InChI=1S/C13H21N3S/c1-9(2)7-15-10(6-14)11-8-17-12(16-11)13(3,4)5/h8-10,15H,7H2,1-5H3. The zero-order chi connectivity index (χ0) is 13.1. The third-order valence-corrected chi connectivity index (χ3v) is 3.60. The third kappa shape index (κ3) is 4.10. The first kappa shape index (κ1) is 14.1. The Labute approximate surface area is 108 Å². The van der Waals surface area contributed by atoms with Crippen molar-refractivity contribution in [3.63, 3.8) is 0 Å². The summed E-state index contributed by atoms with van der Waals surface area (Å²) in [6, 6.07) is 1.98. The fourth-order valence-electron chi connectivity index (χ4n) is 1.33. The average molecular weight is 251 g/mol. The molecule has 1 atom stereocenters. The zero-order valence-corrected chi connectivity index (χ0v) is 12.1. The molecule has 1 rings (SSSR count). The van der Waals surface area contributed by atoms with Crippen molar-refractivity contribution in [1.82, 2.24) is 10.3 Å². The molecule has 0 aromatic carbocycles. The van der Waals surface area contributed by atoms with Gasteiger partial charge in [-0.3, -0.25) is 5.32 Å². The van der Waals surface area contributed by atoms with Crippen molar-refractivity contribution in [1.29, 1.82) is 5.26 Å². The Balaban J connectivity index is 2.77. The highest BCUT2D eigenvalue weighted by molar-refractivity contribution is 7.09. The van der Waals surface area contributed by atoms with Crippen molar-refractivity contribution in [3.8, 4) is 6.07 Å². The predicted molar refractivity (Wildman–Crippen MR) is 72.0 cm³/mol. The maximum absolute atomic E-state index is 9.16. The van der Waals surface area contributed by atoms with Crippen molar-refractivity contribution in [3.05, 3.63) is 16.1 Å². The summed E-state index contributed by atoms with van der Waals surface area (Å²) in [5, 5.41) is 15.5. The monoisotopic (exact) mass is 251 g/mol. The molecule has 0 aliphatic carbocycles. The van der Waals surface area contributed by atoms with Gasteiger partial charge in [0.2, 0.25) is 0 Å². The summed E-state index contributed by atoms with van der Waals surface area (Å²) in [4.78, 5) is 4.56. The molecule has 94 valence electrons. The van der Waals surface area contributed by atoms with Crippen LogP contribution in [0.1, 0.15) is 51.4 Å². The van der Waals surface area contributed by atoms with Crippen LogP contribution in [0, 0.1) is 17.2 Å². The molecule has 1 N–H and O–H groups in total. The second-order valence-electron chi connectivity index (χ2n) is 5.69. The zero-order valence-electron chi connectivity index (χ0n) is 11.2. The molecule has 17 heavy (non-hydrogen) atoms. The van der Waals surface area contributed by atoms with E-state index in [-0.39, 0.29) is 11.5 Å². The summed E-state index contributed by atoms with van der Waals surface area (Å²) >= 11 is 1.63. The molecule has 1 aromatic rings. The third-order valence-electron chi connectivity index (χ3n) is 2.32. The Bertz CT molecular complexity index is 396. The molecular weight excluding hydrogens is 230 g/mol. The van der Waals surface area contributed by atoms with Gasteiger partial charge in [-0.05, 0) is 12.5 Å². The van der Waals surface area contributed by atoms with Gasteiger partial charge in [0, 0.05) is 10.8 Å². The van der Waals surface area contributed by atoms with Gasteiger partial charge in [-0.15, -0.1) is 11.3 Å². The van der Waals surface area contributed by atoms with Crippen LogP contribution in [0.25, 0.3) is 0 Å². The van der Waals surface area contributed by atoms with Crippen LogP contribution in [-0.4, -0.2) is 11.5 Å². The molecule has 0 amide bonds. The number of rotatable bonds is 4. The molecule has 1 heterocycles. The van der Waals surface area contributed by atoms with Gasteiger partial charge in [-0.1, -0.05) is 34.6 Å². The Morgan fingerprint density at radius 2 is 2.12 bits per heavy atom. The van der Waals surface area contributed by atoms with Crippen molar-refractivity contribution in [2.45, 2.75) is 46.1 Å². The largest absolute Gasteiger partial charge is 0.297 e. The van der Waals surface area contributed by atoms with E-state index < -0.39 is 0 Å². The molecule has 0 aliphatic rings. The summed E-state index contributed by atoms with van der Waals surface area (Å²) in [7, 11) is 0. The Hall–Kier alpha value is -0.920. The summed E-state index contributed by atoms with van der Waals surface area (Å²) in [6.45, 7) is 11.5. The molecule has 1 aromatic heterocycles. The maximum Gasteiger partial charge on any atom is 0.139 e. The van der Waals surface area contributed by atoms with Crippen molar-refractivity contribution >= 4 is 11.3 Å². The fourth-order valence-corrected chi connectivity index (χ4v) is 2.27. The van der Waals surface area contributed by atoms with E-state index in [4.69, 9.17) is 5.26 Å². The first-order valence-corrected chi connectivity index (χ1v) is 6.81. The Morgan fingerprint density at radius 3 is 2.53 bits per heavy atom. The van der Waals surface area contributed by atoms with Gasteiger partial charge < -0.3 is 0 Å². The van der Waals surface area contributed by atoms with E-state index in [1.807, 2.05) is 5.38 Å². The summed E-state index contributed by atoms with van der Waals surface area (Å²) < 4.78 is 0. The van der Waals surface area contributed by atoms with Crippen LogP contribution in [0.3, 0.4) is 0 Å². The van der Waals surface area contributed by atoms with E-state index >= 15 is 0 Å². The van der Waals surface area contributed by atoms with Crippen LogP contribution in [0.4, 0.5) is 0 Å². The molecule has 0 saturated carbocycles. The SMILES string of the molecule is CC(C)CNC(C#N)c1csc(C(C)(C)C)n1.